The third kappa shape index (κ3) is 3.72. The van der Waals surface area contributed by atoms with Crippen molar-refractivity contribution >= 4 is 17.6 Å². The number of carbonyl (C=O) groups is 2. The van der Waals surface area contributed by atoms with E-state index < -0.39 is 23.5 Å². The molecule has 2 aliphatic rings. The predicted molar refractivity (Wildman–Crippen MR) is 116 cm³/mol. The van der Waals surface area contributed by atoms with Gasteiger partial charge in [0, 0.05) is 11.3 Å². The second-order valence-corrected chi connectivity index (χ2v) is 8.39. The van der Waals surface area contributed by atoms with Crippen molar-refractivity contribution in [2.45, 2.75) is 31.5 Å². The summed E-state index contributed by atoms with van der Waals surface area (Å²) in [5.41, 5.74) is 1.19. The van der Waals surface area contributed by atoms with Gasteiger partial charge in [-0.2, -0.15) is 0 Å². The van der Waals surface area contributed by atoms with Gasteiger partial charge in [0.15, 0.2) is 11.5 Å². The summed E-state index contributed by atoms with van der Waals surface area (Å²) < 4.78 is 50.1. The molecule has 0 saturated heterocycles. The van der Waals surface area contributed by atoms with Crippen molar-refractivity contribution in [1.29, 1.82) is 0 Å². The van der Waals surface area contributed by atoms with E-state index in [2.05, 4.69) is 14.8 Å². The number of benzene rings is 3. The number of aryl methyl sites for hydroxylation is 1. The van der Waals surface area contributed by atoms with Crippen molar-refractivity contribution in [2.75, 3.05) is 5.32 Å². The second kappa shape index (κ2) is 7.51. The summed E-state index contributed by atoms with van der Waals surface area (Å²) in [7, 11) is 0. The number of rotatable bonds is 5. The van der Waals surface area contributed by atoms with Gasteiger partial charge < -0.3 is 19.9 Å². The third-order valence-corrected chi connectivity index (χ3v) is 6.14. The molecule has 0 spiro atoms. The number of aromatic carboxylic acids is 1. The molecule has 1 aliphatic heterocycles. The van der Waals surface area contributed by atoms with Crippen molar-refractivity contribution in [3.8, 4) is 22.6 Å². The molecule has 1 saturated carbocycles. The zero-order chi connectivity index (χ0) is 24.3. The second-order valence-electron chi connectivity index (χ2n) is 8.39. The van der Waals surface area contributed by atoms with Crippen LogP contribution in [-0.4, -0.2) is 23.3 Å². The average molecular weight is 469 g/mol. The van der Waals surface area contributed by atoms with E-state index in [-0.39, 0.29) is 28.5 Å². The molecular formula is C25H18F3NO5. The highest BCUT2D eigenvalue weighted by molar-refractivity contribution is 6.02. The molecule has 0 radical (unpaired) electrons. The molecule has 5 rings (SSSR count). The minimum absolute atomic E-state index is 0.0597. The van der Waals surface area contributed by atoms with E-state index in [0.29, 0.717) is 35.2 Å². The van der Waals surface area contributed by atoms with Crippen LogP contribution >= 0.6 is 0 Å². The molecule has 1 aliphatic carbocycles. The zero-order valence-corrected chi connectivity index (χ0v) is 17.8. The van der Waals surface area contributed by atoms with Gasteiger partial charge in [-0.1, -0.05) is 12.1 Å². The Labute approximate surface area is 191 Å². The Bertz CT molecular complexity index is 1350. The maximum Gasteiger partial charge on any atom is 0.586 e. The summed E-state index contributed by atoms with van der Waals surface area (Å²) >= 11 is 0. The maximum absolute atomic E-state index is 14.5. The molecule has 1 fully saturated rings. The number of alkyl halides is 2. The van der Waals surface area contributed by atoms with Crippen LogP contribution < -0.4 is 14.8 Å². The summed E-state index contributed by atoms with van der Waals surface area (Å²) in [6, 6.07) is 12.7. The number of fused-ring (bicyclic) bond motifs is 1. The van der Waals surface area contributed by atoms with Crippen LogP contribution in [0.4, 0.5) is 18.9 Å². The normalized spacial score (nSPS) is 16.7. The maximum atomic E-state index is 14.5. The van der Waals surface area contributed by atoms with Crippen LogP contribution in [0.15, 0.2) is 54.6 Å². The molecule has 6 nitrogen and oxygen atoms in total. The molecule has 1 heterocycles. The van der Waals surface area contributed by atoms with Crippen LogP contribution in [0.2, 0.25) is 0 Å². The standard InChI is InChI=1S/C25H18F3NO5/c1-13-2-5-16(12-17(13)18-10-14(22(30)31)3-6-19(18)26)29-23(32)24(8-9-24)15-4-7-20-21(11-15)34-25(27,28)33-20/h2-7,10-12H,8-9H2,1H3,(H,29,32)(H,30,31). The van der Waals surface area contributed by atoms with E-state index in [1.165, 1.54) is 24.3 Å². The topological polar surface area (TPSA) is 84.9 Å². The summed E-state index contributed by atoms with van der Waals surface area (Å²) in [6.45, 7) is 1.75. The van der Waals surface area contributed by atoms with Crippen molar-refractivity contribution in [2.24, 2.45) is 0 Å². The minimum atomic E-state index is -3.74. The van der Waals surface area contributed by atoms with Gasteiger partial charge in [0.1, 0.15) is 5.82 Å². The Kier molecular flexibility index (Phi) is 4.82. The summed E-state index contributed by atoms with van der Waals surface area (Å²) in [6.07, 6.45) is -2.71. The number of carboxylic acids is 1. The van der Waals surface area contributed by atoms with Crippen molar-refractivity contribution in [3.05, 3.63) is 77.1 Å². The lowest BCUT2D eigenvalue weighted by Gasteiger charge is -2.17. The third-order valence-electron chi connectivity index (χ3n) is 6.14. The number of halogens is 3. The van der Waals surface area contributed by atoms with Crippen molar-refractivity contribution in [3.63, 3.8) is 0 Å². The van der Waals surface area contributed by atoms with E-state index in [9.17, 15) is 27.9 Å². The Hall–Kier alpha value is -4.01. The van der Waals surface area contributed by atoms with E-state index in [4.69, 9.17) is 0 Å². The number of nitrogens with one attached hydrogen (secondary N) is 1. The molecule has 9 heteroatoms. The average Bonchev–Trinajstić information content (AvgIpc) is 3.52. The summed E-state index contributed by atoms with van der Waals surface area (Å²) in [4.78, 5) is 24.5. The first kappa shape index (κ1) is 21.8. The van der Waals surface area contributed by atoms with Gasteiger partial charge in [-0.3, -0.25) is 4.79 Å². The summed E-state index contributed by atoms with van der Waals surface area (Å²) in [5, 5.41) is 12.1. The van der Waals surface area contributed by atoms with Crippen LogP contribution in [0.25, 0.3) is 11.1 Å². The number of carboxylic acid groups (broad SMARTS) is 1. The number of carbonyl (C=O) groups excluding carboxylic acids is 1. The first-order chi connectivity index (χ1) is 16.1. The molecule has 3 aromatic carbocycles. The Morgan fingerprint density at radius 3 is 2.38 bits per heavy atom. The lowest BCUT2D eigenvalue weighted by atomic mass is 9.94. The number of anilines is 1. The predicted octanol–water partition coefficient (Wildman–Crippen LogP) is 5.49. The van der Waals surface area contributed by atoms with Crippen LogP contribution in [-0.2, 0) is 10.2 Å². The lowest BCUT2D eigenvalue weighted by Crippen LogP contribution is -2.28. The molecule has 0 atom stereocenters. The highest BCUT2D eigenvalue weighted by atomic mass is 19.3. The molecule has 34 heavy (non-hydrogen) atoms. The fourth-order valence-electron chi connectivity index (χ4n) is 4.12. The quantitative estimate of drug-likeness (QED) is 0.516. The van der Waals surface area contributed by atoms with E-state index in [1.807, 2.05) is 0 Å². The fraction of sp³-hybridized carbons (Fsp3) is 0.200. The van der Waals surface area contributed by atoms with Crippen molar-refractivity contribution in [1.82, 2.24) is 0 Å². The highest BCUT2D eigenvalue weighted by Gasteiger charge is 2.52. The van der Waals surface area contributed by atoms with Gasteiger partial charge in [-0.25, -0.2) is 9.18 Å². The molecule has 0 bridgehead atoms. The summed E-state index contributed by atoms with van der Waals surface area (Å²) in [5.74, 6) is -2.34. The van der Waals surface area contributed by atoms with Crippen LogP contribution in [0, 0.1) is 12.7 Å². The van der Waals surface area contributed by atoms with Gasteiger partial charge in [-0.15, -0.1) is 8.78 Å². The molecule has 0 aromatic heterocycles. The van der Waals surface area contributed by atoms with Crippen LogP contribution in [0.3, 0.4) is 0 Å². The Morgan fingerprint density at radius 1 is 0.941 bits per heavy atom. The first-order valence-electron chi connectivity index (χ1n) is 10.4. The minimum Gasteiger partial charge on any atom is -0.478 e. The van der Waals surface area contributed by atoms with Crippen molar-refractivity contribution < 1.29 is 37.3 Å². The van der Waals surface area contributed by atoms with Gasteiger partial charge in [0.2, 0.25) is 5.91 Å². The van der Waals surface area contributed by atoms with Gasteiger partial charge in [0.05, 0.1) is 11.0 Å². The van der Waals surface area contributed by atoms with Gasteiger partial charge >= 0.3 is 12.3 Å². The molecule has 3 aromatic rings. The molecule has 0 unspecified atom stereocenters. The van der Waals surface area contributed by atoms with Crippen LogP contribution in [0.5, 0.6) is 11.5 Å². The van der Waals surface area contributed by atoms with E-state index >= 15 is 0 Å². The number of ether oxygens (including phenoxy) is 2. The van der Waals surface area contributed by atoms with E-state index in [1.54, 1.807) is 31.2 Å². The molecule has 2 N–H and O–H groups in total. The number of amides is 1. The van der Waals surface area contributed by atoms with E-state index in [0.717, 1.165) is 6.07 Å². The smallest absolute Gasteiger partial charge is 0.478 e. The molecular weight excluding hydrogens is 451 g/mol. The monoisotopic (exact) mass is 469 g/mol. The lowest BCUT2D eigenvalue weighted by molar-refractivity contribution is -0.286. The van der Waals surface area contributed by atoms with Gasteiger partial charge in [0.25, 0.3) is 0 Å². The van der Waals surface area contributed by atoms with Gasteiger partial charge in [-0.05, 0) is 78.9 Å². The highest BCUT2D eigenvalue weighted by Crippen LogP contribution is 2.52. The molecule has 174 valence electrons. The SMILES string of the molecule is Cc1ccc(NC(=O)C2(c3ccc4c(c3)OC(F)(F)O4)CC2)cc1-c1cc(C(=O)O)ccc1F. The zero-order valence-electron chi connectivity index (χ0n) is 17.8. The number of hydrogen-bond donors (Lipinski definition) is 2. The Balaban J connectivity index is 1.43. The fourth-order valence-corrected chi connectivity index (χ4v) is 4.12. The number of hydrogen-bond acceptors (Lipinski definition) is 4. The first-order valence-corrected chi connectivity index (χ1v) is 10.4. The van der Waals surface area contributed by atoms with Crippen LogP contribution in [0.1, 0.15) is 34.3 Å². The Morgan fingerprint density at radius 2 is 1.68 bits per heavy atom. The molecule has 1 amide bonds. The largest absolute Gasteiger partial charge is 0.586 e.